The Kier molecular flexibility index (Phi) is 29.2. The molecule has 5 N–H and O–H groups in total. The number of benzene rings is 4. The second-order valence-corrected chi connectivity index (χ2v) is 22.4. The Bertz CT molecular complexity index is 2770. The van der Waals surface area contributed by atoms with Crippen LogP contribution < -0.4 is 16.0 Å². The summed E-state index contributed by atoms with van der Waals surface area (Å²) in [4.78, 5) is 69.7. The highest BCUT2D eigenvalue weighted by Crippen LogP contribution is 2.17. The third-order valence-corrected chi connectivity index (χ3v) is 12.0. The SMILES string of the molecule is CC(C)CN(C[C@@H](O)[C@H](Cc1ccccc1)NC(=O)OC(C)(C)C)C(=O)c1cnc2ccccc2n1.CC(C)CNC[C@@H](O)[C@H](Cc1ccccc1)NC(=O)OC(C)(C)C.CCN(CC)CC.O=C(Cl)c1cnc2ccccc2n1. The molecule has 0 bridgehead atoms. The van der Waals surface area contributed by atoms with E-state index in [2.05, 4.69) is 75.4 Å². The largest absolute Gasteiger partial charge is 0.444 e. The molecule has 0 fully saturated rings. The summed E-state index contributed by atoms with van der Waals surface area (Å²) in [6.45, 7) is 30.8. The Morgan fingerprint density at radius 3 is 1.34 bits per heavy atom. The van der Waals surface area contributed by atoms with Gasteiger partial charge in [0.1, 0.15) is 22.6 Å². The van der Waals surface area contributed by atoms with Crippen LogP contribution in [0.15, 0.2) is 122 Å². The van der Waals surface area contributed by atoms with Gasteiger partial charge in [-0.15, -0.1) is 0 Å². The fraction of sp³-hybridized carbons (Fsp3) is 0.484. The van der Waals surface area contributed by atoms with Crippen molar-refractivity contribution in [1.29, 1.82) is 0 Å². The summed E-state index contributed by atoms with van der Waals surface area (Å²) in [6.07, 6.45) is 0.884. The maximum atomic E-state index is 13.5. The predicted molar refractivity (Wildman–Crippen MR) is 320 cm³/mol. The third-order valence-electron chi connectivity index (χ3n) is 11.8. The first-order valence-electron chi connectivity index (χ1n) is 27.6. The van der Waals surface area contributed by atoms with Gasteiger partial charge in [0.15, 0.2) is 0 Å². The maximum Gasteiger partial charge on any atom is 0.407 e. The first-order valence-corrected chi connectivity index (χ1v) is 28.0. The molecule has 0 saturated carbocycles. The lowest BCUT2D eigenvalue weighted by molar-refractivity contribution is 0.0337. The smallest absolute Gasteiger partial charge is 0.407 e. The van der Waals surface area contributed by atoms with Crippen molar-refractivity contribution in [2.24, 2.45) is 11.8 Å². The zero-order valence-electron chi connectivity index (χ0n) is 49.3. The van der Waals surface area contributed by atoms with Gasteiger partial charge in [-0.25, -0.2) is 19.6 Å². The summed E-state index contributed by atoms with van der Waals surface area (Å²) in [5, 5.41) is 30.0. The molecule has 2 aromatic heterocycles. The monoisotopic (exact) mass is 1120 g/mol. The number of aromatic nitrogens is 4. The van der Waals surface area contributed by atoms with E-state index in [1.807, 2.05) is 132 Å². The van der Waals surface area contributed by atoms with Crippen molar-refractivity contribution < 1.29 is 38.9 Å². The third kappa shape index (κ3) is 26.6. The van der Waals surface area contributed by atoms with E-state index in [4.69, 9.17) is 21.1 Å². The van der Waals surface area contributed by atoms with Gasteiger partial charge < -0.3 is 45.4 Å². The second kappa shape index (κ2) is 34.5. The van der Waals surface area contributed by atoms with Gasteiger partial charge >= 0.3 is 12.2 Å². The molecule has 6 aromatic rings. The number of amides is 3. The summed E-state index contributed by atoms with van der Waals surface area (Å²) in [6, 6.07) is 32.9. The minimum Gasteiger partial charge on any atom is -0.444 e. The van der Waals surface area contributed by atoms with E-state index >= 15 is 0 Å². The number of para-hydroxylation sites is 4. The van der Waals surface area contributed by atoms with Crippen molar-refractivity contribution >= 4 is 57.0 Å². The van der Waals surface area contributed by atoms with E-state index in [-0.39, 0.29) is 29.8 Å². The molecule has 3 amide bonds. The minimum absolute atomic E-state index is 0.0127. The summed E-state index contributed by atoms with van der Waals surface area (Å²) >= 11 is 5.26. The molecule has 0 aliphatic heterocycles. The Hall–Kier alpha value is -6.63. The Morgan fingerprint density at radius 2 is 0.950 bits per heavy atom. The van der Waals surface area contributed by atoms with Crippen LogP contribution in [0.3, 0.4) is 0 Å². The molecule has 4 atom stereocenters. The van der Waals surface area contributed by atoms with Crippen molar-refractivity contribution in [2.45, 2.75) is 138 Å². The van der Waals surface area contributed by atoms with Crippen LogP contribution in [-0.4, -0.2) is 145 Å². The Labute approximate surface area is 479 Å². The molecule has 0 saturated heterocycles. The number of aliphatic hydroxyl groups is 2. The first-order chi connectivity index (χ1) is 37.8. The van der Waals surface area contributed by atoms with Crippen LogP contribution >= 0.6 is 11.6 Å². The molecular weight excluding hydrogens is 1030 g/mol. The highest BCUT2D eigenvalue weighted by atomic mass is 35.5. The predicted octanol–water partition coefficient (Wildman–Crippen LogP) is 10.3. The van der Waals surface area contributed by atoms with E-state index in [0.717, 1.165) is 23.2 Å². The zero-order chi connectivity index (χ0) is 59.4. The molecule has 0 unspecified atom stereocenters. The van der Waals surface area contributed by atoms with Gasteiger partial charge in [-0.05, 0) is 139 Å². The molecule has 0 aliphatic carbocycles. The highest BCUT2D eigenvalue weighted by Gasteiger charge is 2.30. The Morgan fingerprint density at radius 1 is 0.550 bits per heavy atom. The molecule has 80 heavy (non-hydrogen) atoms. The number of carbonyl (C=O) groups excluding carboxylic acids is 4. The molecular formula is C62H88ClN9O8. The first kappa shape index (κ1) is 67.6. The van der Waals surface area contributed by atoms with Gasteiger partial charge in [0.2, 0.25) is 0 Å². The van der Waals surface area contributed by atoms with E-state index in [1.165, 1.54) is 32.0 Å². The van der Waals surface area contributed by atoms with Crippen LogP contribution in [-0.2, 0) is 22.3 Å². The van der Waals surface area contributed by atoms with Gasteiger partial charge in [0.25, 0.3) is 11.1 Å². The van der Waals surface area contributed by atoms with E-state index in [1.54, 1.807) is 37.8 Å². The minimum atomic E-state index is -1.05. The van der Waals surface area contributed by atoms with E-state index in [0.29, 0.717) is 48.4 Å². The highest BCUT2D eigenvalue weighted by molar-refractivity contribution is 6.67. The summed E-state index contributed by atoms with van der Waals surface area (Å²) in [7, 11) is 0. The molecule has 0 aliphatic rings. The van der Waals surface area contributed by atoms with Crippen LogP contribution in [0.1, 0.15) is 122 Å². The lowest BCUT2D eigenvalue weighted by Gasteiger charge is -2.31. The molecule has 2 heterocycles. The number of hydrogen-bond acceptors (Lipinski definition) is 14. The number of hydrogen-bond donors (Lipinski definition) is 5. The van der Waals surface area contributed by atoms with Crippen LogP contribution in [0, 0.1) is 11.8 Å². The van der Waals surface area contributed by atoms with E-state index < -0.39 is 52.9 Å². The average Bonchev–Trinajstić information content (AvgIpc) is 3.40. The van der Waals surface area contributed by atoms with E-state index in [9.17, 15) is 29.4 Å². The summed E-state index contributed by atoms with van der Waals surface area (Å²) in [5.41, 5.74) is 3.90. The van der Waals surface area contributed by atoms with Crippen molar-refractivity contribution in [1.82, 2.24) is 45.7 Å². The fourth-order valence-electron chi connectivity index (χ4n) is 7.86. The van der Waals surface area contributed by atoms with Crippen molar-refractivity contribution in [3.63, 3.8) is 0 Å². The average molecular weight is 1120 g/mol. The number of nitrogens with zero attached hydrogens (tertiary/aromatic N) is 6. The molecule has 17 nitrogen and oxygen atoms in total. The van der Waals surface area contributed by atoms with Crippen LogP contribution in [0.5, 0.6) is 0 Å². The number of rotatable bonds is 21. The molecule has 6 rings (SSSR count). The van der Waals surface area contributed by atoms with Crippen molar-refractivity contribution in [2.75, 3.05) is 45.8 Å². The lowest BCUT2D eigenvalue weighted by Crippen LogP contribution is -2.52. The summed E-state index contributed by atoms with van der Waals surface area (Å²) in [5.74, 6) is 0.335. The van der Waals surface area contributed by atoms with Crippen molar-refractivity contribution in [3.8, 4) is 0 Å². The van der Waals surface area contributed by atoms with Gasteiger partial charge in [-0.1, -0.05) is 133 Å². The van der Waals surface area contributed by atoms with Crippen LogP contribution in [0.4, 0.5) is 9.59 Å². The fourth-order valence-corrected chi connectivity index (χ4v) is 7.95. The maximum absolute atomic E-state index is 13.5. The zero-order valence-corrected chi connectivity index (χ0v) is 50.0. The van der Waals surface area contributed by atoms with Gasteiger partial charge in [0.05, 0.1) is 58.8 Å². The molecule has 0 spiro atoms. The number of fused-ring (bicyclic) bond motifs is 2. The molecule has 4 aromatic carbocycles. The topological polar surface area (TPSA) is 221 Å². The molecule has 0 radical (unpaired) electrons. The number of alkyl carbamates (subject to hydrolysis) is 2. The normalized spacial score (nSPS) is 12.8. The molecule has 436 valence electrons. The summed E-state index contributed by atoms with van der Waals surface area (Å²) < 4.78 is 10.7. The molecule has 18 heteroatoms. The number of halogens is 1. The van der Waals surface area contributed by atoms with Gasteiger partial charge in [-0.2, -0.15) is 0 Å². The van der Waals surface area contributed by atoms with Crippen LogP contribution in [0.25, 0.3) is 22.1 Å². The van der Waals surface area contributed by atoms with Crippen molar-refractivity contribution in [3.05, 3.63) is 144 Å². The quantitative estimate of drug-likeness (QED) is 0.0424. The van der Waals surface area contributed by atoms with Gasteiger partial charge in [-0.3, -0.25) is 19.6 Å². The lowest BCUT2D eigenvalue weighted by atomic mass is 10.0. The number of nitrogens with one attached hydrogen (secondary N) is 3. The number of aliphatic hydroxyl groups excluding tert-OH is 2. The standard InChI is InChI=1S/C28H36N4O4.C19H32N2O3.C9H5ClN2O.C6H15N/c1-19(2)17-32(26(34)24-16-29-21-13-9-10-14-22(21)30-24)18-25(33)23(15-20-11-7-6-8-12-20)31-27(35)36-28(3,4)5;1-14(2)12-20-13-17(22)16(11-15-9-7-6-8-10-15)21-18(23)24-19(3,4)5;10-9(13)8-5-11-6-3-1-2-4-7(6)12-8;1-4-7(5-2)6-3/h6-14,16,19,23,25,33H,15,17-18H2,1-5H3,(H,31,35);6-10,14,16-17,20,22H,11-13H2,1-5H3,(H,21,23);1-5H;4-6H2,1-3H3/t23-,25+;16-,17+;;/m00../s1. The van der Waals surface area contributed by atoms with Crippen LogP contribution in [0.2, 0.25) is 0 Å². The number of carbonyl (C=O) groups is 4. The van der Waals surface area contributed by atoms with Gasteiger partial charge in [0, 0.05) is 19.6 Å². The number of ether oxygens (including phenoxy) is 2. The second-order valence-electron chi connectivity index (χ2n) is 22.1. The Balaban J connectivity index is 0.000000325.